The summed E-state index contributed by atoms with van der Waals surface area (Å²) in [4.78, 5) is 19.1. The van der Waals surface area contributed by atoms with Crippen molar-refractivity contribution in [1.29, 1.82) is 0 Å². The number of fused-ring (bicyclic) bond motifs is 1. The predicted octanol–water partition coefficient (Wildman–Crippen LogP) is 1.64. The molecule has 4 heteroatoms. The van der Waals surface area contributed by atoms with Gasteiger partial charge in [-0.05, 0) is 25.1 Å². The van der Waals surface area contributed by atoms with Crippen molar-refractivity contribution in [3.63, 3.8) is 0 Å². The summed E-state index contributed by atoms with van der Waals surface area (Å²) in [5.41, 5.74) is 1.39. The number of aromatic nitrogens is 2. The first kappa shape index (κ1) is 8.62. The molecule has 0 saturated heterocycles. The van der Waals surface area contributed by atoms with Gasteiger partial charge in [-0.1, -0.05) is 0 Å². The van der Waals surface area contributed by atoms with Crippen molar-refractivity contribution in [2.24, 2.45) is 0 Å². The van der Waals surface area contributed by atoms with Crippen LogP contribution in [0.1, 0.15) is 16.1 Å². The molecule has 0 unspecified atom stereocenters. The van der Waals surface area contributed by atoms with Crippen LogP contribution in [0.5, 0.6) is 0 Å². The molecular weight excluding hydrogens is 180 g/mol. The number of hydrogen-bond donors (Lipinski definition) is 1. The Kier molecular flexibility index (Phi) is 1.89. The Morgan fingerprint density at radius 3 is 3.00 bits per heavy atom. The predicted molar refractivity (Wildman–Crippen MR) is 51.2 cm³/mol. The molecule has 2 rings (SSSR count). The molecule has 4 nitrogen and oxygen atoms in total. The van der Waals surface area contributed by atoms with Gasteiger partial charge < -0.3 is 5.11 Å². The summed E-state index contributed by atoms with van der Waals surface area (Å²) in [6.07, 6.45) is 1.60. The maximum atomic E-state index is 10.9. The monoisotopic (exact) mass is 188 g/mol. The van der Waals surface area contributed by atoms with Crippen molar-refractivity contribution in [3.05, 3.63) is 35.7 Å². The van der Waals surface area contributed by atoms with E-state index < -0.39 is 5.97 Å². The van der Waals surface area contributed by atoms with Crippen LogP contribution in [-0.4, -0.2) is 21.0 Å². The highest BCUT2D eigenvalue weighted by atomic mass is 16.4. The number of carbonyl (C=O) groups is 1. The summed E-state index contributed by atoms with van der Waals surface area (Å²) < 4.78 is 0. The molecule has 14 heavy (non-hydrogen) atoms. The van der Waals surface area contributed by atoms with Crippen LogP contribution in [0.2, 0.25) is 0 Å². The second-order valence-electron chi connectivity index (χ2n) is 2.99. The number of pyridine rings is 2. The van der Waals surface area contributed by atoms with Gasteiger partial charge in [-0.25, -0.2) is 14.8 Å². The molecule has 2 aromatic rings. The molecular formula is C10H8N2O2. The zero-order chi connectivity index (χ0) is 10.1. The molecule has 0 radical (unpaired) electrons. The van der Waals surface area contributed by atoms with E-state index >= 15 is 0 Å². The second kappa shape index (κ2) is 3.06. The Morgan fingerprint density at radius 2 is 2.29 bits per heavy atom. The van der Waals surface area contributed by atoms with Crippen LogP contribution in [0.25, 0.3) is 11.0 Å². The van der Waals surface area contributed by atoms with Crippen molar-refractivity contribution in [1.82, 2.24) is 9.97 Å². The van der Waals surface area contributed by atoms with E-state index in [1.54, 1.807) is 31.3 Å². The molecule has 0 fully saturated rings. The number of hydrogen-bond acceptors (Lipinski definition) is 3. The third kappa shape index (κ3) is 1.31. The lowest BCUT2D eigenvalue weighted by Crippen LogP contribution is -2.00. The highest BCUT2D eigenvalue weighted by molar-refractivity contribution is 6.01. The smallest absolute Gasteiger partial charge is 0.336 e. The van der Waals surface area contributed by atoms with E-state index in [0.29, 0.717) is 16.7 Å². The number of carboxylic acid groups (broad SMARTS) is 1. The molecule has 0 amide bonds. The first-order valence-electron chi connectivity index (χ1n) is 4.14. The standard InChI is InChI=1S/C10H8N2O2/c1-6-5-8(10(13)14)7-3-2-4-11-9(7)12-6/h2-5H,1H3,(H,13,14). The first-order valence-corrected chi connectivity index (χ1v) is 4.14. The fourth-order valence-corrected chi connectivity index (χ4v) is 1.36. The molecule has 0 aliphatic carbocycles. The van der Waals surface area contributed by atoms with Crippen LogP contribution in [-0.2, 0) is 0 Å². The van der Waals surface area contributed by atoms with Crippen molar-refractivity contribution >= 4 is 17.0 Å². The average Bonchev–Trinajstić information content (AvgIpc) is 2.16. The van der Waals surface area contributed by atoms with Gasteiger partial charge in [0.05, 0.1) is 5.56 Å². The first-order chi connectivity index (χ1) is 6.68. The third-order valence-electron chi connectivity index (χ3n) is 1.94. The summed E-state index contributed by atoms with van der Waals surface area (Å²) in [5.74, 6) is -0.950. The molecule has 1 N–H and O–H groups in total. The van der Waals surface area contributed by atoms with Gasteiger partial charge in [0.1, 0.15) is 0 Å². The van der Waals surface area contributed by atoms with Crippen molar-refractivity contribution in [2.75, 3.05) is 0 Å². The molecule has 0 saturated carbocycles. The fraction of sp³-hybridized carbons (Fsp3) is 0.100. The molecule has 0 atom stereocenters. The van der Waals surface area contributed by atoms with E-state index in [2.05, 4.69) is 9.97 Å². The van der Waals surface area contributed by atoms with Gasteiger partial charge in [0.15, 0.2) is 5.65 Å². The van der Waals surface area contributed by atoms with Crippen LogP contribution in [0.15, 0.2) is 24.4 Å². The zero-order valence-corrected chi connectivity index (χ0v) is 7.56. The summed E-state index contributed by atoms with van der Waals surface area (Å²) in [5, 5.41) is 9.53. The van der Waals surface area contributed by atoms with Gasteiger partial charge in [0.25, 0.3) is 0 Å². The molecule has 2 heterocycles. The lowest BCUT2D eigenvalue weighted by atomic mass is 10.1. The largest absolute Gasteiger partial charge is 0.478 e. The second-order valence-corrected chi connectivity index (χ2v) is 2.99. The van der Waals surface area contributed by atoms with Gasteiger partial charge in [-0.2, -0.15) is 0 Å². The van der Waals surface area contributed by atoms with Crippen LogP contribution in [0.4, 0.5) is 0 Å². The van der Waals surface area contributed by atoms with Gasteiger partial charge >= 0.3 is 5.97 Å². The lowest BCUT2D eigenvalue weighted by Gasteiger charge is -2.01. The number of aryl methyl sites for hydroxylation is 1. The minimum absolute atomic E-state index is 0.251. The molecule has 0 aliphatic rings. The van der Waals surface area contributed by atoms with Gasteiger partial charge in [0, 0.05) is 17.3 Å². The number of carboxylic acids is 1. The van der Waals surface area contributed by atoms with Gasteiger partial charge in [0.2, 0.25) is 0 Å². The number of aromatic carboxylic acids is 1. The molecule has 0 aromatic carbocycles. The number of nitrogens with zero attached hydrogens (tertiary/aromatic N) is 2. The highest BCUT2D eigenvalue weighted by Gasteiger charge is 2.10. The van der Waals surface area contributed by atoms with E-state index in [-0.39, 0.29) is 5.56 Å². The molecule has 2 aromatic heterocycles. The van der Waals surface area contributed by atoms with E-state index in [1.165, 1.54) is 0 Å². The van der Waals surface area contributed by atoms with Crippen molar-refractivity contribution in [3.8, 4) is 0 Å². The summed E-state index contributed by atoms with van der Waals surface area (Å²) in [7, 11) is 0. The van der Waals surface area contributed by atoms with E-state index in [4.69, 9.17) is 5.11 Å². The maximum absolute atomic E-state index is 10.9. The Balaban J connectivity index is 2.87. The molecule has 70 valence electrons. The Hall–Kier alpha value is -1.97. The van der Waals surface area contributed by atoms with Crippen LogP contribution in [0, 0.1) is 6.92 Å². The van der Waals surface area contributed by atoms with E-state index in [1.807, 2.05) is 0 Å². The van der Waals surface area contributed by atoms with Crippen LogP contribution < -0.4 is 0 Å². The molecule has 0 aliphatic heterocycles. The SMILES string of the molecule is Cc1cc(C(=O)O)c2cccnc2n1. The van der Waals surface area contributed by atoms with Crippen LogP contribution in [0.3, 0.4) is 0 Å². The average molecular weight is 188 g/mol. The quantitative estimate of drug-likeness (QED) is 0.738. The minimum Gasteiger partial charge on any atom is -0.478 e. The maximum Gasteiger partial charge on any atom is 0.336 e. The minimum atomic E-state index is -0.950. The zero-order valence-electron chi connectivity index (χ0n) is 7.56. The fourth-order valence-electron chi connectivity index (χ4n) is 1.36. The topological polar surface area (TPSA) is 63.1 Å². The van der Waals surface area contributed by atoms with E-state index in [9.17, 15) is 4.79 Å². The van der Waals surface area contributed by atoms with Gasteiger partial charge in [-0.3, -0.25) is 0 Å². The Labute approximate surface area is 80.2 Å². The summed E-state index contributed by atoms with van der Waals surface area (Å²) >= 11 is 0. The lowest BCUT2D eigenvalue weighted by molar-refractivity contribution is 0.0699. The normalized spacial score (nSPS) is 10.4. The van der Waals surface area contributed by atoms with Crippen molar-refractivity contribution < 1.29 is 9.90 Å². The van der Waals surface area contributed by atoms with Gasteiger partial charge in [-0.15, -0.1) is 0 Å². The molecule has 0 bridgehead atoms. The highest BCUT2D eigenvalue weighted by Crippen LogP contribution is 2.15. The third-order valence-corrected chi connectivity index (χ3v) is 1.94. The summed E-state index contributed by atoms with van der Waals surface area (Å²) in [6, 6.07) is 4.95. The molecule has 0 spiro atoms. The Bertz CT molecular complexity index is 508. The van der Waals surface area contributed by atoms with Crippen molar-refractivity contribution in [2.45, 2.75) is 6.92 Å². The van der Waals surface area contributed by atoms with Crippen LogP contribution >= 0.6 is 0 Å². The number of rotatable bonds is 1. The Morgan fingerprint density at radius 1 is 1.50 bits per heavy atom. The summed E-state index contributed by atoms with van der Waals surface area (Å²) in [6.45, 7) is 1.75. The van der Waals surface area contributed by atoms with E-state index in [0.717, 1.165) is 0 Å².